The number of hydrazine groups is 1. The van der Waals surface area contributed by atoms with E-state index in [1.165, 1.54) is 6.07 Å². The molecule has 13 heavy (non-hydrogen) atoms. The summed E-state index contributed by atoms with van der Waals surface area (Å²) in [6.07, 6.45) is 0. The standard InChI is InChI=1S/C8H9IN2O2/c1-4-2-7(12)6(9)3-5(4)8(13)11-10/h2-3,12H,10H2,1H3,(H,11,13). The van der Waals surface area contributed by atoms with Gasteiger partial charge in [-0.15, -0.1) is 0 Å². The van der Waals surface area contributed by atoms with Crippen LogP contribution in [-0.4, -0.2) is 11.0 Å². The van der Waals surface area contributed by atoms with Gasteiger partial charge in [0, 0.05) is 5.56 Å². The first-order chi connectivity index (χ1) is 6.06. The van der Waals surface area contributed by atoms with E-state index in [-0.39, 0.29) is 11.7 Å². The molecule has 0 spiro atoms. The molecule has 1 rings (SSSR count). The minimum absolute atomic E-state index is 0.173. The number of benzene rings is 1. The maximum absolute atomic E-state index is 11.2. The van der Waals surface area contributed by atoms with Crippen LogP contribution in [0.25, 0.3) is 0 Å². The minimum Gasteiger partial charge on any atom is -0.507 e. The molecule has 0 aromatic heterocycles. The van der Waals surface area contributed by atoms with Crippen LogP contribution in [0.5, 0.6) is 5.75 Å². The molecule has 5 heteroatoms. The molecule has 0 fully saturated rings. The average Bonchev–Trinajstić information content (AvgIpc) is 2.10. The molecule has 0 bridgehead atoms. The Morgan fingerprint density at radius 3 is 2.77 bits per heavy atom. The number of nitrogens with one attached hydrogen (secondary N) is 1. The average molecular weight is 292 g/mol. The van der Waals surface area contributed by atoms with Crippen molar-refractivity contribution >= 4 is 28.5 Å². The molecule has 0 radical (unpaired) electrons. The second-order valence-corrected chi connectivity index (χ2v) is 3.75. The largest absolute Gasteiger partial charge is 0.507 e. The Balaban J connectivity index is 3.23. The summed E-state index contributed by atoms with van der Waals surface area (Å²) in [6, 6.07) is 3.12. The van der Waals surface area contributed by atoms with Crippen LogP contribution in [0.2, 0.25) is 0 Å². The molecule has 1 aromatic carbocycles. The number of hydrogen-bond donors (Lipinski definition) is 3. The van der Waals surface area contributed by atoms with E-state index in [0.29, 0.717) is 14.7 Å². The summed E-state index contributed by atoms with van der Waals surface area (Å²) in [6.45, 7) is 1.74. The SMILES string of the molecule is Cc1cc(O)c(I)cc1C(=O)NN. The molecule has 0 aliphatic heterocycles. The third-order valence-corrected chi connectivity index (χ3v) is 2.53. The van der Waals surface area contributed by atoms with Crippen molar-refractivity contribution in [3.8, 4) is 5.75 Å². The van der Waals surface area contributed by atoms with Crippen LogP contribution in [-0.2, 0) is 0 Å². The molecule has 4 N–H and O–H groups in total. The van der Waals surface area contributed by atoms with Crippen molar-refractivity contribution in [2.24, 2.45) is 5.84 Å². The van der Waals surface area contributed by atoms with Gasteiger partial charge in [0.2, 0.25) is 0 Å². The maximum Gasteiger partial charge on any atom is 0.265 e. The van der Waals surface area contributed by atoms with Gasteiger partial charge in [-0.1, -0.05) is 0 Å². The molecule has 0 saturated heterocycles. The summed E-state index contributed by atoms with van der Waals surface area (Å²) in [5.74, 6) is 4.82. The smallest absolute Gasteiger partial charge is 0.265 e. The summed E-state index contributed by atoms with van der Waals surface area (Å²) in [5, 5.41) is 9.31. The first kappa shape index (κ1) is 10.3. The van der Waals surface area contributed by atoms with Gasteiger partial charge < -0.3 is 5.11 Å². The Hall–Kier alpha value is -0.820. The lowest BCUT2D eigenvalue weighted by Gasteiger charge is -2.05. The lowest BCUT2D eigenvalue weighted by Crippen LogP contribution is -2.30. The van der Waals surface area contributed by atoms with Gasteiger partial charge >= 0.3 is 0 Å². The fraction of sp³-hybridized carbons (Fsp3) is 0.125. The fourth-order valence-electron chi connectivity index (χ4n) is 0.989. The van der Waals surface area contributed by atoms with Crippen molar-refractivity contribution in [1.82, 2.24) is 5.43 Å². The molecule has 1 aromatic rings. The number of halogens is 1. The first-order valence-electron chi connectivity index (χ1n) is 3.56. The highest BCUT2D eigenvalue weighted by Gasteiger charge is 2.10. The second kappa shape index (κ2) is 3.93. The van der Waals surface area contributed by atoms with E-state index in [0.717, 1.165) is 0 Å². The maximum atomic E-state index is 11.2. The lowest BCUT2D eigenvalue weighted by atomic mass is 10.1. The third-order valence-electron chi connectivity index (χ3n) is 1.67. The van der Waals surface area contributed by atoms with Crippen LogP contribution in [0, 0.1) is 10.5 Å². The highest BCUT2D eigenvalue weighted by molar-refractivity contribution is 14.1. The monoisotopic (exact) mass is 292 g/mol. The van der Waals surface area contributed by atoms with Crippen molar-refractivity contribution in [3.05, 3.63) is 26.8 Å². The lowest BCUT2D eigenvalue weighted by molar-refractivity contribution is 0.0953. The summed E-state index contributed by atoms with van der Waals surface area (Å²) < 4.78 is 0.627. The van der Waals surface area contributed by atoms with Gasteiger partial charge in [-0.3, -0.25) is 10.2 Å². The topological polar surface area (TPSA) is 75.3 Å². The summed E-state index contributed by atoms with van der Waals surface area (Å²) in [4.78, 5) is 11.2. The van der Waals surface area contributed by atoms with Gasteiger partial charge in [-0.2, -0.15) is 0 Å². The van der Waals surface area contributed by atoms with Crippen molar-refractivity contribution in [2.75, 3.05) is 0 Å². The van der Waals surface area contributed by atoms with E-state index in [2.05, 4.69) is 0 Å². The highest BCUT2D eigenvalue weighted by Crippen LogP contribution is 2.23. The van der Waals surface area contributed by atoms with Gasteiger partial charge in [0.1, 0.15) is 5.75 Å². The summed E-state index contributed by atoms with van der Waals surface area (Å²) in [7, 11) is 0. The van der Waals surface area contributed by atoms with Gasteiger partial charge in [0.25, 0.3) is 5.91 Å². The zero-order valence-corrected chi connectivity index (χ0v) is 9.12. The molecule has 0 aliphatic carbocycles. The number of carbonyl (C=O) groups excluding carboxylic acids is 1. The Labute approximate surface area is 89.2 Å². The van der Waals surface area contributed by atoms with E-state index in [1.807, 2.05) is 28.0 Å². The molecular formula is C8H9IN2O2. The molecule has 4 nitrogen and oxygen atoms in total. The molecule has 0 atom stereocenters. The predicted molar refractivity (Wildman–Crippen MR) is 57.2 cm³/mol. The van der Waals surface area contributed by atoms with E-state index >= 15 is 0 Å². The van der Waals surface area contributed by atoms with Crippen molar-refractivity contribution in [1.29, 1.82) is 0 Å². The summed E-state index contributed by atoms with van der Waals surface area (Å²) in [5.41, 5.74) is 3.22. The van der Waals surface area contributed by atoms with E-state index in [1.54, 1.807) is 13.0 Å². The molecule has 0 saturated carbocycles. The normalized spacial score (nSPS) is 9.77. The molecule has 0 heterocycles. The van der Waals surface area contributed by atoms with E-state index in [9.17, 15) is 9.90 Å². The van der Waals surface area contributed by atoms with Crippen LogP contribution in [0.3, 0.4) is 0 Å². The molecular weight excluding hydrogens is 283 g/mol. The Morgan fingerprint density at radius 2 is 2.23 bits per heavy atom. The van der Waals surface area contributed by atoms with Crippen molar-refractivity contribution < 1.29 is 9.90 Å². The van der Waals surface area contributed by atoms with E-state index < -0.39 is 0 Å². The van der Waals surface area contributed by atoms with Crippen LogP contribution in [0.15, 0.2) is 12.1 Å². The molecule has 0 unspecified atom stereocenters. The van der Waals surface area contributed by atoms with Crippen molar-refractivity contribution in [3.63, 3.8) is 0 Å². The van der Waals surface area contributed by atoms with Crippen LogP contribution >= 0.6 is 22.6 Å². The highest BCUT2D eigenvalue weighted by atomic mass is 127. The number of amides is 1. The third kappa shape index (κ3) is 2.10. The van der Waals surface area contributed by atoms with Gasteiger partial charge in [-0.25, -0.2) is 5.84 Å². The minimum atomic E-state index is -0.351. The molecule has 1 amide bonds. The number of nitrogens with two attached hydrogens (primary N) is 1. The number of rotatable bonds is 1. The van der Waals surface area contributed by atoms with Gasteiger partial charge in [0.05, 0.1) is 3.57 Å². The predicted octanol–water partition coefficient (Wildman–Crippen LogP) is 0.909. The van der Waals surface area contributed by atoms with Gasteiger partial charge in [0.15, 0.2) is 0 Å². The number of carbonyl (C=O) groups is 1. The Bertz CT molecular complexity index is 352. The number of hydrogen-bond acceptors (Lipinski definition) is 3. The number of aryl methyl sites for hydroxylation is 1. The van der Waals surface area contributed by atoms with Crippen LogP contribution in [0.4, 0.5) is 0 Å². The van der Waals surface area contributed by atoms with Crippen LogP contribution < -0.4 is 11.3 Å². The summed E-state index contributed by atoms with van der Waals surface area (Å²) >= 11 is 1.95. The fourth-order valence-corrected chi connectivity index (χ4v) is 1.46. The zero-order valence-electron chi connectivity index (χ0n) is 6.97. The Kier molecular flexibility index (Phi) is 3.10. The quantitative estimate of drug-likeness (QED) is 0.312. The molecule has 0 aliphatic rings. The Morgan fingerprint density at radius 1 is 1.62 bits per heavy atom. The number of phenolic OH excluding ortho intramolecular Hbond substituents is 1. The first-order valence-corrected chi connectivity index (χ1v) is 4.64. The van der Waals surface area contributed by atoms with Crippen LogP contribution in [0.1, 0.15) is 15.9 Å². The zero-order chi connectivity index (χ0) is 10.0. The van der Waals surface area contributed by atoms with E-state index in [4.69, 9.17) is 5.84 Å². The van der Waals surface area contributed by atoms with Crippen molar-refractivity contribution in [2.45, 2.75) is 6.92 Å². The number of phenols is 1. The number of nitrogen functional groups attached to an aromatic ring is 1. The van der Waals surface area contributed by atoms with Gasteiger partial charge in [-0.05, 0) is 47.2 Å². The number of aromatic hydroxyl groups is 1. The second-order valence-electron chi connectivity index (χ2n) is 2.59. The molecule has 70 valence electrons.